The molecular formula is C27H24BrFN6O2. The van der Waals surface area contributed by atoms with E-state index in [9.17, 15) is 14.3 Å². The number of nitrogens with zero attached hydrogens (tertiary/aromatic N) is 3. The Bertz CT molecular complexity index is 1550. The van der Waals surface area contributed by atoms with Gasteiger partial charge in [-0.3, -0.25) is 0 Å². The van der Waals surface area contributed by atoms with Crippen LogP contribution in [-0.4, -0.2) is 25.7 Å². The average molecular weight is 563 g/mol. The molecule has 8 nitrogen and oxygen atoms in total. The van der Waals surface area contributed by atoms with Crippen LogP contribution in [-0.2, 0) is 6.54 Å². The monoisotopic (exact) mass is 562 g/mol. The zero-order chi connectivity index (χ0) is 25.9. The zero-order valence-corrected chi connectivity index (χ0v) is 21.5. The highest BCUT2D eigenvalue weighted by atomic mass is 79.9. The van der Waals surface area contributed by atoms with Crippen LogP contribution in [0.15, 0.2) is 83.2 Å². The number of aliphatic hydroxyl groups is 1. The summed E-state index contributed by atoms with van der Waals surface area (Å²) in [4.78, 5) is 17.1. The number of nitrogens with one attached hydrogen (secondary N) is 3. The summed E-state index contributed by atoms with van der Waals surface area (Å²) in [5, 5.41) is 23.6. The highest BCUT2D eigenvalue weighted by molar-refractivity contribution is 9.10. The van der Waals surface area contributed by atoms with Gasteiger partial charge in [-0.05, 0) is 64.2 Å². The van der Waals surface area contributed by atoms with Crippen LogP contribution in [0.1, 0.15) is 24.6 Å². The number of hydrogen-bond acceptors (Lipinski definition) is 5. The molecule has 2 heterocycles. The van der Waals surface area contributed by atoms with Crippen molar-refractivity contribution in [3.8, 4) is 0 Å². The van der Waals surface area contributed by atoms with Crippen LogP contribution in [0.25, 0.3) is 11.2 Å². The van der Waals surface area contributed by atoms with E-state index in [1.54, 1.807) is 28.9 Å². The van der Waals surface area contributed by atoms with E-state index in [1.807, 2.05) is 43.3 Å². The van der Waals surface area contributed by atoms with E-state index in [0.29, 0.717) is 35.0 Å². The molecule has 0 radical (unpaired) electrons. The first-order chi connectivity index (χ1) is 17.9. The first-order valence-corrected chi connectivity index (χ1v) is 12.5. The zero-order valence-electron chi connectivity index (χ0n) is 19.9. The van der Waals surface area contributed by atoms with Crippen LogP contribution in [0.5, 0.6) is 0 Å². The third-order valence-electron chi connectivity index (χ3n) is 5.90. The Kier molecular flexibility index (Phi) is 6.91. The summed E-state index contributed by atoms with van der Waals surface area (Å²) in [6.45, 7) is 2.48. The van der Waals surface area contributed by atoms with Gasteiger partial charge in [0.2, 0.25) is 0 Å². The van der Waals surface area contributed by atoms with Crippen molar-refractivity contribution in [1.82, 2.24) is 14.6 Å². The van der Waals surface area contributed by atoms with Gasteiger partial charge >= 0.3 is 6.03 Å². The Morgan fingerprint density at radius 1 is 1.19 bits per heavy atom. The molecular weight excluding hydrogens is 539 g/mol. The lowest BCUT2D eigenvalue weighted by Gasteiger charge is -2.17. The van der Waals surface area contributed by atoms with Gasteiger partial charge in [-0.25, -0.2) is 14.2 Å². The van der Waals surface area contributed by atoms with Crippen molar-refractivity contribution in [3.05, 3.63) is 100 Å². The van der Waals surface area contributed by atoms with Gasteiger partial charge < -0.3 is 21.1 Å². The standard InChI is InChI=1S/C27H24BrFN6O2/c1-16-9-10-19(24(36)11-16)23-13-25(35-26(33-23)20(28)15-31-35)30-14-17-5-4-6-18(12-17)32-27(37)34-22-8-3-2-7-21(22)29/h2-8,10-13,15-16,30,36H,9,14H2,1H3,(H2,32,34,37). The van der Waals surface area contributed by atoms with E-state index in [0.717, 1.165) is 16.5 Å². The normalized spacial score (nSPS) is 15.2. The Labute approximate surface area is 221 Å². The summed E-state index contributed by atoms with van der Waals surface area (Å²) in [5.74, 6) is 0.658. The average Bonchev–Trinajstić information content (AvgIpc) is 3.25. The number of carbonyl (C=O) groups excluding carboxylic acids is 1. The number of hydrogen-bond donors (Lipinski definition) is 4. The maximum absolute atomic E-state index is 13.8. The van der Waals surface area contributed by atoms with Crippen molar-refractivity contribution < 1.29 is 14.3 Å². The first-order valence-electron chi connectivity index (χ1n) is 11.7. The van der Waals surface area contributed by atoms with Crippen LogP contribution >= 0.6 is 15.9 Å². The number of carbonyl (C=O) groups is 1. The molecule has 2 amide bonds. The molecule has 4 N–H and O–H groups in total. The molecule has 0 fully saturated rings. The second-order valence-electron chi connectivity index (χ2n) is 8.75. The van der Waals surface area contributed by atoms with Crippen molar-refractivity contribution in [2.75, 3.05) is 16.0 Å². The van der Waals surface area contributed by atoms with Gasteiger partial charge in [0.1, 0.15) is 17.4 Å². The number of aliphatic hydroxyl groups excluding tert-OH is 1. The van der Waals surface area contributed by atoms with Gasteiger partial charge in [0.05, 0.1) is 22.1 Å². The van der Waals surface area contributed by atoms with Crippen molar-refractivity contribution in [3.63, 3.8) is 0 Å². The van der Waals surface area contributed by atoms with E-state index in [1.165, 1.54) is 12.1 Å². The van der Waals surface area contributed by atoms with Gasteiger partial charge in [0.25, 0.3) is 0 Å². The predicted octanol–water partition coefficient (Wildman–Crippen LogP) is 6.75. The van der Waals surface area contributed by atoms with E-state index >= 15 is 0 Å². The number of para-hydroxylation sites is 1. The third-order valence-corrected chi connectivity index (χ3v) is 6.46. The number of urea groups is 1. The van der Waals surface area contributed by atoms with Crippen molar-refractivity contribution >= 4 is 50.4 Å². The number of halogens is 2. The molecule has 2 aromatic heterocycles. The SMILES string of the molecule is CC1C=C(O)C(c2cc(NCc3cccc(NC(=O)Nc4ccccc4F)c3)n3ncc(Br)c3n2)=CC1. The highest BCUT2D eigenvalue weighted by Gasteiger charge is 2.18. The molecule has 1 aliphatic carbocycles. The number of anilines is 3. The predicted molar refractivity (Wildman–Crippen MR) is 146 cm³/mol. The molecule has 0 bridgehead atoms. The Morgan fingerprint density at radius 2 is 2.03 bits per heavy atom. The maximum atomic E-state index is 13.8. The lowest BCUT2D eigenvalue weighted by Crippen LogP contribution is -2.20. The summed E-state index contributed by atoms with van der Waals surface area (Å²) in [6.07, 6.45) is 6.32. The van der Waals surface area contributed by atoms with Gasteiger partial charge in [-0.15, -0.1) is 0 Å². The Balaban J connectivity index is 1.33. The molecule has 0 aliphatic heterocycles. The quantitative estimate of drug-likeness (QED) is 0.208. The minimum Gasteiger partial charge on any atom is -0.508 e. The smallest absolute Gasteiger partial charge is 0.323 e. The molecule has 10 heteroatoms. The molecule has 0 saturated heterocycles. The molecule has 37 heavy (non-hydrogen) atoms. The maximum Gasteiger partial charge on any atom is 0.323 e. The van der Waals surface area contributed by atoms with Gasteiger partial charge in [0.15, 0.2) is 5.65 Å². The van der Waals surface area contributed by atoms with Gasteiger partial charge in [0, 0.05) is 23.9 Å². The molecule has 1 unspecified atom stereocenters. The summed E-state index contributed by atoms with van der Waals surface area (Å²) in [5.41, 5.74) is 3.50. The van der Waals surface area contributed by atoms with Crippen LogP contribution in [0.3, 0.4) is 0 Å². The summed E-state index contributed by atoms with van der Waals surface area (Å²) in [7, 11) is 0. The molecule has 1 aliphatic rings. The lowest BCUT2D eigenvalue weighted by atomic mass is 9.95. The van der Waals surface area contributed by atoms with E-state index in [2.05, 4.69) is 37.0 Å². The summed E-state index contributed by atoms with van der Waals surface area (Å²) >= 11 is 3.50. The minimum atomic E-state index is -0.542. The largest absolute Gasteiger partial charge is 0.508 e. The van der Waals surface area contributed by atoms with Crippen molar-refractivity contribution in [1.29, 1.82) is 0 Å². The molecule has 188 valence electrons. The molecule has 2 aromatic carbocycles. The molecule has 4 aromatic rings. The van der Waals surface area contributed by atoms with E-state index in [4.69, 9.17) is 4.98 Å². The van der Waals surface area contributed by atoms with E-state index in [-0.39, 0.29) is 17.4 Å². The van der Waals surface area contributed by atoms with Crippen molar-refractivity contribution in [2.24, 2.45) is 5.92 Å². The number of fused-ring (bicyclic) bond motifs is 1. The number of benzene rings is 2. The fourth-order valence-corrected chi connectivity index (χ4v) is 4.42. The molecule has 5 rings (SSSR count). The summed E-state index contributed by atoms with van der Waals surface area (Å²) < 4.78 is 16.2. The fraction of sp³-hybridized carbons (Fsp3) is 0.148. The number of aromatic nitrogens is 3. The van der Waals surface area contributed by atoms with Crippen molar-refractivity contribution in [2.45, 2.75) is 19.9 Å². The second kappa shape index (κ2) is 10.4. The number of rotatable bonds is 6. The Morgan fingerprint density at radius 3 is 2.84 bits per heavy atom. The molecule has 1 atom stereocenters. The summed E-state index contributed by atoms with van der Waals surface area (Å²) in [6, 6.07) is 14.6. The molecule has 0 saturated carbocycles. The van der Waals surface area contributed by atoms with Crippen LogP contribution in [0.4, 0.5) is 26.4 Å². The topological polar surface area (TPSA) is 104 Å². The Hall–Kier alpha value is -4.18. The fourth-order valence-electron chi connectivity index (χ4n) is 4.07. The third kappa shape index (κ3) is 5.49. The molecule has 0 spiro atoms. The minimum absolute atomic E-state index is 0.101. The van der Waals surface area contributed by atoms with Gasteiger partial charge in [-0.1, -0.05) is 37.3 Å². The van der Waals surface area contributed by atoms with E-state index < -0.39 is 11.8 Å². The second-order valence-corrected chi connectivity index (χ2v) is 9.60. The number of amides is 2. The number of allylic oxidation sites excluding steroid dienone is 3. The first kappa shape index (κ1) is 24.5. The van der Waals surface area contributed by atoms with Gasteiger partial charge in [-0.2, -0.15) is 9.61 Å². The highest BCUT2D eigenvalue weighted by Crippen LogP contribution is 2.31. The lowest BCUT2D eigenvalue weighted by molar-refractivity contribution is 0.262. The van der Waals surface area contributed by atoms with Crippen LogP contribution < -0.4 is 16.0 Å². The van der Waals surface area contributed by atoms with Crippen LogP contribution in [0.2, 0.25) is 0 Å². The van der Waals surface area contributed by atoms with Crippen LogP contribution in [0, 0.1) is 11.7 Å².